The van der Waals surface area contributed by atoms with Crippen molar-refractivity contribution in [2.24, 2.45) is 0 Å². The van der Waals surface area contributed by atoms with Crippen molar-refractivity contribution in [1.29, 1.82) is 0 Å². The second kappa shape index (κ2) is 15.5. The molecule has 1 aromatic heterocycles. The highest BCUT2D eigenvalue weighted by Crippen LogP contribution is 2.41. The third-order valence-electron chi connectivity index (χ3n) is 9.21. The van der Waals surface area contributed by atoms with Crippen LogP contribution in [0, 0.1) is 0 Å². The number of fused-ring (bicyclic) bond motifs is 1. The predicted octanol–water partition coefficient (Wildman–Crippen LogP) is -2.65. The molecule has 0 saturated carbocycles. The van der Waals surface area contributed by atoms with Crippen molar-refractivity contribution < 1.29 is 94.1 Å². The van der Waals surface area contributed by atoms with Gasteiger partial charge in [0.25, 0.3) is 0 Å². The molecule has 2 aromatic carbocycles. The third kappa shape index (κ3) is 7.47. The van der Waals surface area contributed by atoms with Gasteiger partial charge < -0.3 is 89.7 Å². The second-order valence-electron chi connectivity index (χ2n) is 12.8. The smallest absolute Gasteiger partial charge is 0.402 e. The normalized spacial score (nSPS) is 38.3. The highest BCUT2D eigenvalue weighted by atomic mass is 16.8. The van der Waals surface area contributed by atoms with E-state index in [1.807, 2.05) is 0 Å². The van der Waals surface area contributed by atoms with Crippen molar-refractivity contribution in [3.05, 3.63) is 42.5 Å². The minimum Gasteiger partial charge on any atom is -0.508 e. The summed E-state index contributed by atoms with van der Waals surface area (Å²) >= 11 is 0. The van der Waals surface area contributed by atoms with E-state index in [1.165, 1.54) is 43.3 Å². The van der Waals surface area contributed by atoms with E-state index in [-0.39, 0.29) is 34.0 Å². The van der Waals surface area contributed by atoms with Gasteiger partial charge >= 0.3 is 11.3 Å². The monoisotopic (exact) mass is 741 g/mol. The molecular formula is C33H41O19+. The van der Waals surface area contributed by atoms with Gasteiger partial charge in [-0.05, 0) is 31.2 Å². The highest BCUT2D eigenvalue weighted by molar-refractivity contribution is 5.88. The van der Waals surface area contributed by atoms with Crippen molar-refractivity contribution >= 4 is 11.0 Å². The van der Waals surface area contributed by atoms with E-state index in [0.29, 0.717) is 5.56 Å². The molecule has 12 N–H and O–H groups in total. The lowest BCUT2D eigenvalue weighted by atomic mass is 9.97. The molecule has 3 fully saturated rings. The number of phenolic OH excluding ortho intramolecular Hbond substituents is 3. The van der Waals surface area contributed by atoms with Crippen LogP contribution < -0.4 is 4.74 Å². The highest BCUT2D eigenvalue weighted by Gasteiger charge is 2.52. The number of ether oxygens (including phenoxy) is 6. The number of hydrogen-bond donors (Lipinski definition) is 12. The standard InChI is InChI=1S/C33H40O19/c1-11-21(38)24(41)27(44)31(47-11)46-10-20-23(40)26(43)30(52-32-28(45)25(42)22(39)19(9-34)50-32)33(51-20)49-18-8-15-16(37)6-14(36)7-17(15)48-29(18)12-2-4-13(35)5-3-12/h2-8,11,19-28,30-34,38-45H,9-10H2,1H3,(H2-,35,36,37)/p+1/t11?,19?,20?,21-,22+,23+,24-,25?,26?,27?,28+,30?,31+,32-,33+/m0/s1. The van der Waals surface area contributed by atoms with Crippen LogP contribution in [0.1, 0.15) is 6.92 Å². The van der Waals surface area contributed by atoms with Crippen LogP contribution in [-0.2, 0) is 23.7 Å². The van der Waals surface area contributed by atoms with Crippen LogP contribution in [0.15, 0.2) is 46.9 Å². The van der Waals surface area contributed by atoms with Crippen LogP contribution in [0.3, 0.4) is 0 Å². The van der Waals surface area contributed by atoms with Crippen molar-refractivity contribution in [3.63, 3.8) is 0 Å². The minimum atomic E-state index is -1.96. The number of rotatable bonds is 9. The molecule has 3 aromatic rings. The van der Waals surface area contributed by atoms with E-state index in [0.717, 1.165) is 6.07 Å². The molecule has 7 unspecified atom stereocenters. The maximum Gasteiger partial charge on any atom is 0.402 e. The first-order valence-corrected chi connectivity index (χ1v) is 16.3. The Labute approximate surface area is 294 Å². The molecule has 3 saturated heterocycles. The fraction of sp³-hybridized carbons (Fsp3) is 0.545. The zero-order chi connectivity index (χ0) is 37.6. The molecule has 52 heavy (non-hydrogen) atoms. The van der Waals surface area contributed by atoms with Crippen molar-refractivity contribution in [1.82, 2.24) is 0 Å². The van der Waals surface area contributed by atoms with Gasteiger partial charge in [0.15, 0.2) is 18.7 Å². The zero-order valence-electron chi connectivity index (χ0n) is 27.3. The SMILES string of the molecule is CC1O[C@@H](OCC2O[C@@H](Oc3cc4c(O)cc(O)cc4[o+]c3-c3ccc(O)cc3)C(O[C@@H]3OC(CO)[C@@H](O)C(O)[C@H]3O)C(O)[C@@H]2O)C(O)[C@@H](O)[C@H]1O. The average Bonchev–Trinajstić information content (AvgIpc) is 3.12. The lowest BCUT2D eigenvalue weighted by Gasteiger charge is -2.46. The Bertz CT molecular complexity index is 1670. The molecule has 15 atom stereocenters. The van der Waals surface area contributed by atoms with Crippen LogP contribution in [-0.4, -0.2) is 167 Å². The molecule has 6 rings (SSSR count). The molecule has 4 heterocycles. The Morgan fingerprint density at radius 2 is 1.29 bits per heavy atom. The number of aliphatic hydroxyl groups is 9. The van der Waals surface area contributed by atoms with Gasteiger partial charge in [-0.15, -0.1) is 0 Å². The summed E-state index contributed by atoms with van der Waals surface area (Å²) in [5.74, 6) is -1.08. The fourth-order valence-electron chi connectivity index (χ4n) is 6.17. The first-order chi connectivity index (χ1) is 24.7. The average molecular weight is 742 g/mol. The Hall–Kier alpha value is -3.51. The van der Waals surface area contributed by atoms with E-state index in [4.69, 9.17) is 32.8 Å². The summed E-state index contributed by atoms with van der Waals surface area (Å²) in [5, 5.41) is 125. The van der Waals surface area contributed by atoms with Gasteiger partial charge in [0, 0.05) is 12.1 Å². The first-order valence-electron chi connectivity index (χ1n) is 16.3. The molecule has 0 spiro atoms. The molecule has 286 valence electrons. The number of aliphatic hydroxyl groups excluding tert-OH is 9. The molecule has 19 heteroatoms. The van der Waals surface area contributed by atoms with Gasteiger partial charge in [0.2, 0.25) is 12.0 Å². The Morgan fingerprint density at radius 1 is 0.654 bits per heavy atom. The van der Waals surface area contributed by atoms with Gasteiger partial charge in [-0.3, -0.25) is 0 Å². The van der Waals surface area contributed by atoms with Crippen molar-refractivity contribution in [2.75, 3.05) is 13.2 Å². The fourth-order valence-corrected chi connectivity index (χ4v) is 6.17. The molecule has 0 aliphatic carbocycles. The first kappa shape index (κ1) is 38.2. The van der Waals surface area contributed by atoms with E-state index >= 15 is 0 Å². The molecule has 3 aliphatic rings. The maximum atomic E-state index is 11.4. The van der Waals surface area contributed by atoms with Gasteiger partial charge in [0.05, 0.1) is 30.9 Å². The van der Waals surface area contributed by atoms with Crippen LogP contribution in [0.2, 0.25) is 0 Å². The Morgan fingerprint density at radius 3 is 1.98 bits per heavy atom. The van der Waals surface area contributed by atoms with Crippen LogP contribution in [0.25, 0.3) is 22.3 Å². The number of aromatic hydroxyl groups is 3. The molecule has 0 bridgehead atoms. The van der Waals surface area contributed by atoms with Gasteiger partial charge in [0.1, 0.15) is 83.7 Å². The predicted molar refractivity (Wildman–Crippen MR) is 169 cm³/mol. The Balaban J connectivity index is 1.36. The van der Waals surface area contributed by atoms with Crippen molar-refractivity contribution in [3.8, 4) is 34.3 Å². The van der Waals surface area contributed by atoms with E-state index in [2.05, 4.69) is 0 Å². The molecule has 3 aliphatic heterocycles. The van der Waals surface area contributed by atoms with E-state index in [9.17, 15) is 61.3 Å². The summed E-state index contributed by atoms with van der Waals surface area (Å²) in [7, 11) is 0. The minimum absolute atomic E-state index is 0.000846. The van der Waals surface area contributed by atoms with E-state index < -0.39 is 111 Å². The molecular weight excluding hydrogens is 700 g/mol. The quantitative estimate of drug-likeness (QED) is 0.0997. The topological polar surface area (TPSA) is 309 Å². The summed E-state index contributed by atoms with van der Waals surface area (Å²) < 4.78 is 40.6. The lowest BCUT2D eigenvalue weighted by Crippen LogP contribution is -2.65. The molecule has 0 amide bonds. The summed E-state index contributed by atoms with van der Waals surface area (Å²) in [6.45, 7) is 0.00871. The summed E-state index contributed by atoms with van der Waals surface area (Å²) in [5.41, 5.74) is 0.305. The maximum absolute atomic E-state index is 11.4. The lowest BCUT2D eigenvalue weighted by molar-refractivity contribution is -0.362. The van der Waals surface area contributed by atoms with E-state index in [1.54, 1.807) is 0 Å². The second-order valence-corrected chi connectivity index (χ2v) is 12.8. The number of hydrogen-bond acceptors (Lipinski definition) is 18. The molecule has 19 nitrogen and oxygen atoms in total. The number of phenols is 3. The van der Waals surface area contributed by atoms with Crippen LogP contribution >= 0.6 is 0 Å². The van der Waals surface area contributed by atoms with Crippen molar-refractivity contribution in [2.45, 2.75) is 99.0 Å². The molecule has 0 radical (unpaired) electrons. The zero-order valence-corrected chi connectivity index (χ0v) is 27.3. The third-order valence-corrected chi connectivity index (χ3v) is 9.21. The van der Waals surface area contributed by atoms with Gasteiger partial charge in [-0.25, -0.2) is 4.42 Å². The summed E-state index contributed by atoms with van der Waals surface area (Å²) in [4.78, 5) is 0. The Kier molecular flexibility index (Phi) is 11.4. The number of benzene rings is 2. The largest absolute Gasteiger partial charge is 0.508 e. The van der Waals surface area contributed by atoms with Crippen LogP contribution in [0.4, 0.5) is 0 Å². The summed E-state index contributed by atoms with van der Waals surface area (Å²) in [6, 6.07) is 9.15. The van der Waals surface area contributed by atoms with Crippen LogP contribution in [0.5, 0.6) is 23.0 Å². The van der Waals surface area contributed by atoms with Gasteiger partial charge in [-0.1, -0.05) is 0 Å². The summed E-state index contributed by atoms with van der Waals surface area (Å²) in [6.07, 6.45) is -25.0. The van der Waals surface area contributed by atoms with Gasteiger partial charge in [-0.2, -0.15) is 0 Å².